The molecule has 1 aliphatic heterocycles. The first-order valence-electron chi connectivity index (χ1n) is 8.36. The Kier molecular flexibility index (Phi) is 8.69. The topological polar surface area (TPSA) is 48.9 Å². The molecule has 0 bridgehead atoms. The van der Waals surface area contributed by atoms with Crippen LogP contribution in [0.1, 0.15) is 47.0 Å². The van der Waals surface area contributed by atoms with Gasteiger partial charge in [0, 0.05) is 45.4 Å². The first-order chi connectivity index (χ1) is 10.0. The van der Waals surface area contributed by atoms with Gasteiger partial charge in [0.1, 0.15) is 0 Å². The van der Waals surface area contributed by atoms with Crippen molar-refractivity contribution in [3.05, 3.63) is 0 Å². The van der Waals surface area contributed by atoms with Crippen molar-refractivity contribution in [2.75, 3.05) is 33.3 Å². The van der Waals surface area contributed by atoms with Crippen LogP contribution in [0.2, 0.25) is 0 Å². The van der Waals surface area contributed by atoms with Gasteiger partial charge in [-0.05, 0) is 47.0 Å². The minimum Gasteiger partial charge on any atom is -0.376 e. The zero-order chi connectivity index (χ0) is 15.7. The van der Waals surface area contributed by atoms with Gasteiger partial charge in [-0.25, -0.2) is 0 Å². The van der Waals surface area contributed by atoms with Crippen LogP contribution in [-0.4, -0.2) is 62.3 Å². The second-order valence-electron chi connectivity index (χ2n) is 6.29. The minimum atomic E-state index is 0.348. The van der Waals surface area contributed by atoms with Gasteiger partial charge in [0.05, 0.1) is 6.10 Å². The number of hydrogen-bond donors (Lipinski definition) is 2. The number of nitrogens with zero attached hydrogens (tertiary/aromatic N) is 2. The van der Waals surface area contributed by atoms with Gasteiger partial charge in [-0.15, -0.1) is 0 Å². The van der Waals surface area contributed by atoms with Crippen LogP contribution in [0.3, 0.4) is 0 Å². The van der Waals surface area contributed by atoms with Crippen LogP contribution in [-0.2, 0) is 4.74 Å². The van der Waals surface area contributed by atoms with Gasteiger partial charge in [0.25, 0.3) is 0 Å². The molecule has 0 spiro atoms. The van der Waals surface area contributed by atoms with Crippen LogP contribution < -0.4 is 10.6 Å². The summed E-state index contributed by atoms with van der Waals surface area (Å²) < 4.78 is 5.61. The Balaban J connectivity index is 2.16. The van der Waals surface area contributed by atoms with Crippen LogP contribution in [0.25, 0.3) is 0 Å². The van der Waals surface area contributed by atoms with Crippen molar-refractivity contribution >= 4 is 5.96 Å². The van der Waals surface area contributed by atoms with E-state index < -0.39 is 0 Å². The SMILES string of the molecule is CN=C(NCCCN(C(C)C)C(C)C)NCC1CCCO1. The van der Waals surface area contributed by atoms with Gasteiger partial charge >= 0.3 is 0 Å². The summed E-state index contributed by atoms with van der Waals surface area (Å²) in [6.45, 7) is 12.9. The summed E-state index contributed by atoms with van der Waals surface area (Å²) in [5, 5.41) is 6.73. The first-order valence-corrected chi connectivity index (χ1v) is 8.36. The van der Waals surface area contributed by atoms with E-state index in [0.717, 1.165) is 45.0 Å². The number of nitrogens with one attached hydrogen (secondary N) is 2. The van der Waals surface area contributed by atoms with E-state index in [2.05, 4.69) is 48.2 Å². The highest BCUT2D eigenvalue weighted by Crippen LogP contribution is 2.10. The Bertz CT molecular complexity index is 291. The average Bonchev–Trinajstić information content (AvgIpc) is 2.94. The number of aliphatic imine (C=N–C) groups is 1. The molecule has 1 fully saturated rings. The zero-order valence-corrected chi connectivity index (χ0v) is 14.5. The van der Waals surface area contributed by atoms with Crippen molar-refractivity contribution < 1.29 is 4.74 Å². The molecule has 1 unspecified atom stereocenters. The molecule has 0 aromatic carbocycles. The van der Waals surface area contributed by atoms with E-state index in [0.29, 0.717) is 18.2 Å². The highest BCUT2D eigenvalue weighted by Gasteiger charge is 2.15. The van der Waals surface area contributed by atoms with Gasteiger partial charge in [-0.1, -0.05) is 0 Å². The molecule has 21 heavy (non-hydrogen) atoms. The maximum Gasteiger partial charge on any atom is 0.191 e. The van der Waals surface area contributed by atoms with Gasteiger partial charge in [-0.2, -0.15) is 0 Å². The standard InChI is InChI=1S/C16H34N4O/c1-13(2)20(14(3)4)10-7-9-18-16(17-5)19-12-15-8-6-11-21-15/h13-15H,6-12H2,1-5H3,(H2,17,18,19). The van der Waals surface area contributed by atoms with Crippen LogP contribution in [0, 0.1) is 0 Å². The molecular weight excluding hydrogens is 264 g/mol. The third kappa shape index (κ3) is 7.14. The van der Waals surface area contributed by atoms with Crippen LogP contribution >= 0.6 is 0 Å². The lowest BCUT2D eigenvalue weighted by molar-refractivity contribution is 0.113. The van der Waals surface area contributed by atoms with Gasteiger partial charge in [0.2, 0.25) is 0 Å². The zero-order valence-electron chi connectivity index (χ0n) is 14.5. The molecule has 0 radical (unpaired) electrons. The van der Waals surface area contributed by atoms with Crippen LogP contribution in [0.15, 0.2) is 4.99 Å². The highest BCUT2D eigenvalue weighted by atomic mass is 16.5. The fourth-order valence-electron chi connectivity index (χ4n) is 2.82. The van der Waals surface area contributed by atoms with Crippen LogP contribution in [0.4, 0.5) is 0 Å². The summed E-state index contributed by atoms with van der Waals surface area (Å²) in [5.74, 6) is 0.881. The second kappa shape index (κ2) is 10.0. The molecular formula is C16H34N4O. The van der Waals surface area contributed by atoms with E-state index in [-0.39, 0.29) is 0 Å². The minimum absolute atomic E-state index is 0.348. The fourth-order valence-corrected chi connectivity index (χ4v) is 2.82. The van der Waals surface area contributed by atoms with Gasteiger partial charge < -0.3 is 15.4 Å². The fraction of sp³-hybridized carbons (Fsp3) is 0.938. The van der Waals surface area contributed by atoms with E-state index >= 15 is 0 Å². The first kappa shape index (κ1) is 18.2. The Morgan fingerprint density at radius 3 is 2.48 bits per heavy atom. The monoisotopic (exact) mass is 298 g/mol. The molecule has 0 amide bonds. The third-order valence-electron chi connectivity index (χ3n) is 3.96. The van der Waals surface area contributed by atoms with E-state index in [1.54, 1.807) is 0 Å². The number of ether oxygens (including phenoxy) is 1. The van der Waals surface area contributed by atoms with E-state index in [9.17, 15) is 0 Å². The molecule has 124 valence electrons. The van der Waals surface area contributed by atoms with E-state index in [1.165, 1.54) is 6.42 Å². The molecule has 0 saturated carbocycles. The maximum atomic E-state index is 5.61. The molecule has 1 aliphatic rings. The molecule has 2 N–H and O–H groups in total. The largest absolute Gasteiger partial charge is 0.376 e. The Morgan fingerprint density at radius 1 is 1.24 bits per heavy atom. The Hall–Kier alpha value is -0.810. The molecule has 1 saturated heterocycles. The van der Waals surface area contributed by atoms with Gasteiger partial charge in [-0.3, -0.25) is 9.89 Å². The summed E-state index contributed by atoms with van der Waals surface area (Å²) in [7, 11) is 1.82. The summed E-state index contributed by atoms with van der Waals surface area (Å²) in [5.41, 5.74) is 0. The molecule has 0 aromatic rings. The molecule has 0 aliphatic carbocycles. The average molecular weight is 298 g/mol. The molecule has 1 heterocycles. The summed E-state index contributed by atoms with van der Waals surface area (Å²) in [6.07, 6.45) is 3.80. The van der Waals surface area contributed by atoms with Crippen LogP contribution in [0.5, 0.6) is 0 Å². The quantitative estimate of drug-likeness (QED) is 0.408. The van der Waals surface area contributed by atoms with E-state index in [4.69, 9.17) is 4.74 Å². The van der Waals surface area contributed by atoms with Crippen molar-refractivity contribution in [2.24, 2.45) is 4.99 Å². The van der Waals surface area contributed by atoms with E-state index in [1.807, 2.05) is 7.05 Å². The lowest BCUT2D eigenvalue weighted by Gasteiger charge is -2.30. The normalized spacial score (nSPS) is 19.8. The maximum absolute atomic E-state index is 5.61. The lowest BCUT2D eigenvalue weighted by Crippen LogP contribution is -2.43. The number of guanidine groups is 1. The molecule has 5 nitrogen and oxygen atoms in total. The summed E-state index contributed by atoms with van der Waals surface area (Å²) in [6, 6.07) is 1.20. The summed E-state index contributed by atoms with van der Waals surface area (Å²) in [4.78, 5) is 6.78. The van der Waals surface area contributed by atoms with Crippen molar-refractivity contribution in [1.29, 1.82) is 0 Å². The van der Waals surface area contributed by atoms with Gasteiger partial charge in [0.15, 0.2) is 5.96 Å². The van der Waals surface area contributed by atoms with Crippen molar-refractivity contribution in [1.82, 2.24) is 15.5 Å². The van der Waals surface area contributed by atoms with Crippen molar-refractivity contribution in [3.8, 4) is 0 Å². The highest BCUT2D eigenvalue weighted by molar-refractivity contribution is 5.79. The summed E-state index contributed by atoms with van der Waals surface area (Å²) >= 11 is 0. The number of hydrogen-bond acceptors (Lipinski definition) is 3. The van der Waals surface area contributed by atoms with Crippen molar-refractivity contribution in [2.45, 2.75) is 65.1 Å². The number of rotatable bonds is 8. The lowest BCUT2D eigenvalue weighted by atomic mass is 10.2. The second-order valence-corrected chi connectivity index (χ2v) is 6.29. The van der Waals surface area contributed by atoms with Crippen molar-refractivity contribution in [3.63, 3.8) is 0 Å². The Morgan fingerprint density at radius 2 is 1.95 bits per heavy atom. The predicted octanol–water partition coefficient (Wildman–Crippen LogP) is 1.84. The molecule has 0 aromatic heterocycles. The molecule has 1 rings (SSSR count). The predicted molar refractivity (Wildman–Crippen MR) is 89.9 cm³/mol. The third-order valence-corrected chi connectivity index (χ3v) is 3.96. The molecule has 1 atom stereocenters. The smallest absolute Gasteiger partial charge is 0.191 e. The Labute approximate surface area is 130 Å². The molecule has 5 heteroatoms.